The number of nitrogens with zero attached hydrogens (tertiary/aromatic N) is 3. The Balaban J connectivity index is 2.06. The smallest absolute Gasteiger partial charge is 0.307 e. The van der Waals surface area contributed by atoms with Crippen molar-refractivity contribution in [3.63, 3.8) is 0 Å². The van der Waals surface area contributed by atoms with E-state index in [1.807, 2.05) is 38.1 Å². The van der Waals surface area contributed by atoms with E-state index in [1.165, 1.54) is 22.0 Å². The molecule has 7 heteroatoms. The molecular weight excluding hydrogens is 308 g/mol. The van der Waals surface area contributed by atoms with Crippen molar-refractivity contribution < 1.29 is 9.72 Å². The first-order valence-electron chi connectivity index (χ1n) is 7.77. The van der Waals surface area contributed by atoms with Gasteiger partial charge in [0.2, 0.25) is 5.91 Å². The maximum absolute atomic E-state index is 12.6. The maximum Gasteiger partial charge on any atom is 0.307 e. The van der Waals surface area contributed by atoms with E-state index in [9.17, 15) is 14.9 Å². The summed E-state index contributed by atoms with van der Waals surface area (Å²) in [5.41, 5.74) is 1.20. The molecule has 7 nitrogen and oxygen atoms in total. The van der Waals surface area contributed by atoms with E-state index in [0.717, 1.165) is 6.20 Å². The molecule has 1 atom stereocenters. The Bertz CT molecular complexity index is 752. The lowest BCUT2D eigenvalue weighted by atomic mass is 10.00. The van der Waals surface area contributed by atoms with Crippen LogP contribution in [0.15, 0.2) is 36.7 Å². The summed E-state index contributed by atoms with van der Waals surface area (Å²) in [7, 11) is 0. The molecule has 0 saturated carbocycles. The first-order chi connectivity index (χ1) is 11.2. The largest absolute Gasteiger partial charge is 0.351 e. The lowest BCUT2D eigenvalue weighted by Crippen LogP contribution is -2.48. The minimum atomic E-state index is -1.02. The van der Waals surface area contributed by atoms with Crippen molar-refractivity contribution in [2.24, 2.45) is 0 Å². The van der Waals surface area contributed by atoms with Crippen molar-refractivity contribution in [1.82, 2.24) is 15.1 Å². The molecule has 0 saturated heterocycles. The van der Waals surface area contributed by atoms with Gasteiger partial charge in [0, 0.05) is 6.04 Å². The molecule has 2 aromatic rings. The Labute approximate surface area is 140 Å². The lowest BCUT2D eigenvalue weighted by molar-refractivity contribution is -0.385. The summed E-state index contributed by atoms with van der Waals surface area (Å²) in [4.78, 5) is 22.8. The second kappa shape index (κ2) is 6.82. The van der Waals surface area contributed by atoms with Gasteiger partial charge in [-0.25, -0.2) is 0 Å². The summed E-state index contributed by atoms with van der Waals surface area (Å²) in [5, 5.41) is 17.7. The number of nitro groups is 1. The molecule has 2 rings (SSSR count). The zero-order chi connectivity index (χ0) is 17.9. The zero-order valence-corrected chi connectivity index (χ0v) is 14.3. The van der Waals surface area contributed by atoms with Crippen molar-refractivity contribution in [2.45, 2.75) is 45.7 Å². The molecular formula is C17H22N4O3. The molecule has 1 amide bonds. The Hall–Kier alpha value is -2.70. The number of nitrogens with one attached hydrogen (secondary N) is 1. The molecule has 0 radical (unpaired) electrons. The van der Waals surface area contributed by atoms with Crippen LogP contribution in [-0.2, 0) is 16.8 Å². The van der Waals surface area contributed by atoms with E-state index >= 15 is 0 Å². The zero-order valence-electron chi connectivity index (χ0n) is 14.3. The molecule has 0 aliphatic rings. The molecule has 1 aromatic heterocycles. The average molecular weight is 330 g/mol. The van der Waals surface area contributed by atoms with Gasteiger partial charge in [0.05, 0.1) is 4.92 Å². The summed E-state index contributed by atoms with van der Waals surface area (Å²) in [6.07, 6.45) is 3.13. The van der Waals surface area contributed by atoms with E-state index in [-0.39, 0.29) is 17.6 Å². The van der Waals surface area contributed by atoms with Crippen LogP contribution in [0.2, 0.25) is 0 Å². The molecule has 0 aliphatic carbocycles. The predicted molar refractivity (Wildman–Crippen MR) is 90.7 cm³/mol. The second-order valence-corrected chi connectivity index (χ2v) is 6.46. The third kappa shape index (κ3) is 3.79. The molecule has 0 spiro atoms. The first kappa shape index (κ1) is 17.7. The molecule has 24 heavy (non-hydrogen) atoms. The highest BCUT2D eigenvalue weighted by molar-refractivity contribution is 5.83. The summed E-state index contributed by atoms with van der Waals surface area (Å²) in [6, 6.07) is 7.97. The molecule has 0 aliphatic heterocycles. The highest BCUT2D eigenvalue weighted by Gasteiger charge is 2.32. The SMILES string of the molecule is Cc1ccccc1CC(C)NC(=O)C(C)(C)n1cc([N+](=O)[O-])cn1. The molecule has 1 N–H and O–H groups in total. The Morgan fingerprint density at radius 2 is 2.08 bits per heavy atom. The van der Waals surface area contributed by atoms with Crippen LogP contribution in [0.25, 0.3) is 0 Å². The summed E-state index contributed by atoms with van der Waals surface area (Å²) >= 11 is 0. The Kier molecular flexibility index (Phi) is 5.02. The topological polar surface area (TPSA) is 90.1 Å². The lowest BCUT2D eigenvalue weighted by Gasteiger charge is -2.26. The molecule has 1 unspecified atom stereocenters. The van der Waals surface area contributed by atoms with E-state index in [4.69, 9.17) is 0 Å². The number of carbonyl (C=O) groups excluding carboxylic acids is 1. The Morgan fingerprint density at radius 3 is 2.67 bits per heavy atom. The highest BCUT2D eigenvalue weighted by atomic mass is 16.6. The van der Waals surface area contributed by atoms with Crippen LogP contribution < -0.4 is 5.32 Å². The van der Waals surface area contributed by atoms with Gasteiger partial charge in [-0.1, -0.05) is 24.3 Å². The van der Waals surface area contributed by atoms with Gasteiger partial charge in [-0.2, -0.15) is 5.10 Å². The van der Waals surface area contributed by atoms with Gasteiger partial charge in [0.25, 0.3) is 0 Å². The third-order valence-corrected chi connectivity index (χ3v) is 4.07. The van der Waals surface area contributed by atoms with Crippen molar-refractivity contribution in [2.75, 3.05) is 0 Å². The van der Waals surface area contributed by atoms with Crippen LogP contribution in [0.3, 0.4) is 0 Å². The molecule has 128 valence electrons. The fourth-order valence-electron chi connectivity index (χ4n) is 2.44. The molecule has 1 heterocycles. The van der Waals surface area contributed by atoms with Crippen LogP contribution >= 0.6 is 0 Å². The summed E-state index contributed by atoms with van der Waals surface area (Å²) < 4.78 is 1.32. The van der Waals surface area contributed by atoms with Crippen molar-refractivity contribution in [3.8, 4) is 0 Å². The van der Waals surface area contributed by atoms with Gasteiger partial charge < -0.3 is 5.32 Å². The number of rotatable bonds is 6. The summed E-state index contributed by atoms with van der Waals surface area (Å²) in [6.45, 7) is 7.34. The van der Waals surface area contributed by atoms with Gasteiger partial charge >= 0.3 is 5.69 Å². The Morgan fingerprint density at radius 1 is 1.42 bits per heavy atom. The fraction of sp³-hybridized carbons (Fsp3) is 0.412. The standard InChI is InChI=1S/C17H22N4O3/c1-12-7-5-6-8-14(12)9-13(2)19-16(22)17(3,4)20-11-15(10-18-20)21(23)24/h5-8,10-11,13H,9H2,1-4H3,(H,19,22). The minimum absolute atomic E-state index is 0.0663. The van der Waals surface area contributed by atoms with Crippen LogP contribution in [0.5, 0.6) is 0 Å². The second-order valence-electron chi connectivity index (χ2n) is 6.46. The number of carbonyl (C=O) groups is 1. The minimum Gasteiger partial charge on any atom is -0.351 e. The number of aryl methyl sites for hydroxylation is 1. The van der Waals surface area contributed by atoms with Crippen LogP contribution in [-0.4, -0.2) is 26.7 Å². The normalized spacial score (nSPS) is 12.7. The van der Waals surface area contributed by atoms with E-state index < -0.39 is 10.5 Å². The molecule has 1 aromatic carbocycles. The fourth-order valence-corrected chi connectivity index (χ4v) is 2.44. The third-order valence-electron chi connectivity index (χ3n) is 4.07. The quantitative estimate of drug-likeness (QED) is 0.651. The number of benzene rings is 1. The molecule has 0 bridgehead atoms. The van der Waals surface area contributed by atoms with Gasteiger partial charge in [0.15, 0.2) is 0 Å². The van der Waals surface area contributed by atoms with Crippen LogP contribution in [0, 0.1) is 17.0 Å². The maximum atomic E-state index is 12.6. The van der Waals surface area contributed by atoms with E-state index in [2.05, 4.69) is 10.4 Å². The van der Waals surface area contributed by atoms with Crippen molar-refractivity contribution in [1.29, 1.82) is 0 Å². The van der Waals surface area contributed by atoms with Gasteiger partial charge in [-0.15, -0.1) is 0 Å². The number of hydrogen-bond donors (Lipinski definition) is 1. The van der Waals surface area contributed by atoms with Crippen molar-refractivity contribution >= 4 is 11.6 Å². The van der Waals surface area contributed by atoms with E-state index in [1.54, 1.807) is 13.8 Å². The van der Waals surface area contributed by atoms with Crippen LogP contribution in [0.4, 0.5) is 5.69 Å². The average Bonchev–Trinajstić information content (AvgIpc) is 3.00. The molecule has 0 fully saturated rings. The monoisotopic (exact) mass is 330 g/mol. The van der Waals surface area contributed by atoms with Crippen LogP contribution in [0.1, 0.15) is 31.9 Å². The predicted octanol–water partition coefficient (Wildman–Crippen LogP) is 2.58. The number of amides is 1. The van der Waals surface area contributed by atoms with Crippen molar-refractivity contribution in [3.05, 3.63) is 57.9 Å². The van der Waals surface area contributed by atoms with Gasteiger partial charge in [0.1, 0.15) is 17.9 Å². The summed E-state index contributed by atoms with van der Waals surface area (Å²) in [5.74, 6) is -0.235. The number of aromatic nitrogens is 2. The van der Waals surface area contributed by atoms with E-state index in [0.29, 0.717) is 6.42 Å². The van der Waals surface area contributed by atoms with Gasteiger partial charge in [-0.05, 0) is 45.2 Å². The first-order valence-corrected chi connectivity index (χ1v) is 7.77. The number of hydrogen-bond acceptors (Lipinski definition) is 4. The van der Waals surface area contributed by atoms with Gasteiger partial charge in [-0.3, -0.25) is 19.6 Å². The highest BCUT2D eigenvalue weighted by Crippen LogP contribution is 2.19.